The van der Waals surface area contributed by atoms with E-state index in [0.717, 1.165) is 19.4 Å². The predicted octanol–water partition coefficient (Wildman–Crippen LogP) is 2.99. The molecule has 0 aliphatic carbocycles. The van der Waals surface area contributed by atoms with Crippen LogP contribution in [0.25, 0.3) is 0 Å². The van der Waals surface area contributed by atoms with Crippen molar-refractivity contribution in [1.29, 1.82) is 0 Å². The molecular formula is C14H29NO2. The molecule has 0 aliphatic heterocycles. The Morgan fingerprint density at radius 2 is 1.76 bits per heavy atom. The normalized spacial score (nSPS) is 15.8. The maximum atomic E-state index is 11.8. The van der Waals surface area contributed by atoms with Crippen molar-refractivity contribution in [2.45, 2.75) is 59.9 Å². The van der Waals surface area contributed by atoms with E-state index in [-0.39, 0.29) is 11.4 Å². The van der Waals surface area contributed by atoms with Gasteiger partial charge >= 0.3 is 5.97 Å². The van der Waals surface area contributed by atoms with Crippen molar-refractivity contribution in [2.75, 3.05) is 13.7 Å². The van der Waals surface area contributed by atoms with Crippen molar-refractivity contribution in [3.63, 3.8) is 0 Å². The smallest absolute Gasteiger partial charge is 0.325 e. The molecule has 0 aromatic carbocycles. The Morgan fingerprint density at radius 1 is 1.24 bits per heavy atom. The fourth-order valence-electron chi connectivity index (χ4n) is 1.98. The first-order chi connectivity index (χ1) is 7.60. The summed E-state index contributed by atoms with van der Waals surface area (Å²) >= 11 is 0. The van der Waals surface area contributed by atoms with Crippen LogP contribution in [0.5, 0.6) is 0 Å². The average molecular weight is 243 g/mol. The molecule has 3 heteroatoms. The van der Waals surface area contributed by atoms with Gasteiger partial charge in [0.2, 0.25) is 0 Å². The molecule has 0 spiro atoms. The SMILES string of the molecule is COC(=O)C(C)(CC(C)C)NCCC(C)(C)C. The molecule has 0 aromatic rings. The summed E-state index contributed by atoms with van der Waals surface area (Å²) in [6.07, 6.45) is 1.83. The standard InChI is InChI=1S/C14H29NO2/c1-11(2)10-14(6,12(16)17-7)15-9-8-13(3,4)5/h11,15H,8-10H2,1-7H3. The fourth-order valence-corrected chi connectivity index (χ4v) is 1.98. The summed E-state index contributed by atoms with van der Waals surface area (Å²) in [7, 11) is 1.45. The molecule has 0 saturated carbocycles. The highest BCUT2D eigenvalue weighted by molar-refractivity contribution is 5.80. The van der Waals surface area contributed by atoms with Crippen LogP contribution in [-0.4, -0.2) is 25.2 Å². The van der Waals surface area contributed by atoms with Crippen molar-refractivity contribution in [1.82, 2.24) is 5.32 Å². The van der Waals surface area contributed by atoms with Gasteiger partial charge in [0.05, 0.1) is 7.11 Å². The molecule has 0 heterocycles. The minimum atomic E-state index is -0.561. The Labute approximate surface area is 106 Å². The van der Waals surface area contributed by atoms with Crippen molar-refractivity contribution >= 4 is 5.97 Å². The zero-order chi connectivity index (χ0) is 13.7. The molecule has 3 nitrogen and oxygen atoms in total. The number of hydrogen-bond donors (Lipinski definition) is 1. The van der Waals surface area contributed by atoms with Crippen LogP contribution in [-0.2, 0) is 9.53 Å². The van der Waals surface area contributed by atoms with Crippen molar-refractivity contribution in [3.05, 3.63) is 0 Å². The summed E-state index contributed by atoms with van der Waals surface area (Å²) in [6.45, 7) is 13.6. The summed E-state index contributed by atoms with van der Waals surface area (Å²) in [5.41, 5.74) is -0.282. The Balaban J connectivity index is 4.45. The number of carbonyl (C=O) groups is 1. The van der Waals surface area contributed by atoms with Crippen LogP contribution in [0.3, 0.4) is 0 Å². The van der Waals surface area contributed by atoms with Gasteiger partial charge in [-0.05, 0) is 37.6 Å². The number of rotatable bonds is 6. The van der Waals surface area contributed by atoms with Crippen molar-refractivity contribution < 1.29 is 9.53 Å². The first-order valence-electron chi connectivity index (χ1n) is 6.44. The molecule has 0 bridgehead atoms. The van der Waals surface area contributed by atoms with Crippen LogP contribution in [0.2, 0.25) is 0 Å². The Morgan fingerprint density at radius 3 is 2.12 bits per heavy atom. The monoisotopic (exact) mass is 243 g/mol. The molecule has 1 unspecified atom stereocenters. The third kappa shape index (κ3) is 6.67. The molecule has 0 amide bonds. The van der Waals surface area contributed by atoms with Crippen LogP contribution in [0, 0.1) is 11.3 Å². The molecule has 17 heavy (non-hydrogen) atoms. The predicted molar refractivity (Wildman–Crippen MR) is 72.0 cm³/mol. The molecule has 1 N–H and O–H groups in total. The summed E-state index contributed by atoms with van der Waals surface area (Å²) < 4.78 is 4.90. The summed E-state index contributed by atoms with van der Waals surface area (Å²) in [6, 6.07) is 0. The van der Waals surface area contributed by atoms with Crippen LogP contribution < -0.4 is 5.32 Å². The van der Waals surface area contributed by atoms with Gasteiger partial charge in [0.15, 0.2) is 0 Å². The second-order valence-corrected chi connectivity index (χ2v) is 6.66. The second kappa shape index (κ2) is 6.39. The van der Waals surface area contributed by atoms with Gasteiger partial charge in [-0.25, -0.2) is 0 Å². The zero-order valence-electron chi connectivity index (χ0n) is 12.5. The maximum absolute atomic E-state index is 11.8. The van der Waals surface area contributed by atoms with Crippen LogP contribution in [0.15, 0.2) is 0 Å². The molecule has 102 valence electrons. The fraction of sp³-hybridized carbons (Fsp3) is 0.929. The van der Waals surface area contributed by atoms with E-state index in [0.29, 0.717) is 5.92 Å². The Kier molecular flexibility index (Phi) is 6.17. The van der Waals surface area contributed by atoms with Crippen LogP contribution in [0.1, 0.15) is 54.4 Å². The first kappa shape index (κ1) is 16.4. The lowest BCUT2D eigenvalue weighted by Gasteiger charge is -2.31. The largest absolute Gasteiger partial charge is 0.468 e. The van der Waals surface area contributed by atoms with E-state index in [1.54, 1.807) is 0 Å². The van der Waals surface area contributed by atoms with Gasteiger partial charge in [-0.2, -0.15) is 0 Å². The molecular weight excluding hydrogens is 214 g/mol. The minimum Gasteiger partial charge on any atom is -0.468 e. The van der Waals surface area contributed by atoms with E-state index >= 15 is 0 Å². The van der Waals surface area contributed by atoms with Gasteiger partial charge in [-0.3, -0.25) is 4.79 Å². The molecule has 0 rings (SSSR count). The van der Waals surface area contributed by atoms with Crippen molar-refractivity contribution in [3.8, 4) is 0 Å². The summed E-state index contributed by atoms with van der Waals surface area (Å²) in [5.74, 6) is 0.293. The molecule has 1 atom stereocenters. The van der Waals surface area contributed by atoms with E-state index in [4.69, 9.17) is 4.74 Å². The van der Waals surface area contributed by atoms with E-state index in [2.05, 4.69) is 39.9 Å². The molecule has 0 fully saturated rings. The van der Waals surface area contributed by atoms with E-state index in [9.17, 15) is 4.79 Å². The van der Waals surface area contributed by atoms with E-state index in [1.807, 2.05) is 6.92 Å². The number of methoxy groups -OCH3 is 1. The highest BCUT2D eigenvalue weighted by Crippen LogP contribution is 2.21. The lowest BCUT2D eigenvalue weighted by Crippen LogP contribution is -2.51. The van der Waals surface area contributed by atoms with E-state index in [1.165, 1.54) is 7.11 Å². The topological polar surface area (TPSA) is 38.3 Å². The highest BCUT2D eigenvalue weighted by Gasteiger charge is 2.34. The molecule has 0 aromatic heterocycles. The molecule has 0 saturated heterocycles. The number of ether oxygens (including phenoxy) is 1. The number of carbonyl (C=O) groups excluding carboxylic acids is 1. The van der Waals surface area contributed by atoms with E-state index < -0.39 is 5.54 Å². The zero-order valence-corrected chi connectivity index (χ0v) is 12.5. The van der Waals surface area contributed by atoms with Gasteiger partial charge in [-0.1, -0.05) is 34.6 Å². The van der Waals surface area contributed by atoms with Crippen molar-refractivity contribution in [2.24, 2.45) is 11.3 Å². The first-order valence-corrected chi connectivity index (χ1v) is 6.44. The highest BCUT2D eigenvalue weighted by atomic mass is 16.5. The van der Waals surface area contributed by atoms with Crippen LogP contribution >= 0.6 is 0 Å². The Bertz CT molecular complexity index is 243. The summed E-state index contributed by atoms with van der Waals surface area (Å²) in [4.78, 5) is 11.8. The third-order valence-corrected chi connectivity index (χ3v) is 2.84. The van der Waals surface area contributed by atoms with Gasteiger partial charge in [0.25, 0.3) is 0 Å². The lowest BCUT2D eigenvalue weighted by molar-refractivity contribution is -0.148. The number of esters is 1. The minimum absolute atomic E-state index is 0.167. The van der Waals surface area contributed by atoms with Gasteiger partial charge in [0, 0.05) is 0 Å². The van der Waals surface area contributed by atoms with Gasteiger partial charge in [-0.15, -0.1) is 0 Å². The molecule has 0 radical (unpaired) electrons. The number of hydrogen-bond acceptors (Lipinski definition) is 3. The quantitative estimate of drug-likeness (QED) is 0.729. The second-order valence-electron chi connectivity index (χ2n) is 6.66. The Hall–Kier alpha value is -0.570. The number of nitrogens with one attached hydrogen (secondary N) is 1. The van der Waals surface area contributed by atoms with Gasteiger partial charge in [0.1, 0.15) is 5.54 Å². The maximum Gasteiger partial charge on any atom is 0.325 e. The summed E-state index contributed by atoms with van der Waals surface area (Å²) in [5, 5.41) is 3.36. The lowest BCUT2D eigenvalue weighted by atomic mass is 9.88. The van der Waals surface area contributed by atoms with Gasteiger partial charge < -0.3 is 10.1 Å². The average Bonchev–Trinajstić information content (AvgIpc) is 2.13. The van der Waals surface area contributed by atoms with Crippen LogP contribution in [0.4, 0.5) is 0 Å². The third-order valence-electron chi connectivity index (χ3n) is 2.84. The molecule has 0 aliphatic rings.